The molecule has 4 rings (SSSR count). The van der Waals surface area contributed by atoms with Gasteiger partial charge in [-0.25, -0.2) is 4.68 Å². The predicted octanol–water partition coefficient (Wildman–Crippen LogP) is 4.99. The van der Waals surface area contributed by atoms with Gasteiger partial charge in [-0.15, -0.1) is 0 Å². The molecule has 0 aliphatic heterocycles. The Labute approximate surface area is 216 Å². The van der Waals surface area contributed by atoms with Crippen molar-refractivity contribution in [3.63, 3.8) is 0 Å². The summed E-state index contributed by atoms with van der Waals surface area (Å²) in [4.78, 5) is 29.1. The number of amides is 1. The van der Waals surface area contributed by atoms with Gasteiger partial charge < -0.3 is 9.84 Å². The van der Waals surface area contributed by atoms with E-state index in [0.717, 1.165) is 13.8 Å². The number of nitrogens with one attached hydrogen (secondary N) is 1. The molecular formula is C27H26F3N5O3. The van der Waals surface area contributed by atoms with E-state index in [0.29, 0.717) is 16.7 Å². The van der Waals surface area contributed by atoms with E-state index < -0.39 is 11.6 Å². The summed E-state index contributed by atoms with van der Waals surface area (Å²) in [5, 5.41) is 11.1. The number of nitrogens with zero attached hydrogens (tertiary/aromatic N) is 4. The van der Waals surface area contributed by atoms with Crippen LogP contribution < -0.4 is 10.9 Å². The minimum absolute atomic E-state index is 0.0175. The molecule has 0 unspecified atom stereocenters. The quantitative estimate of drug-likeness (QED) is 0.365. The Balaban J connectivity index is 1.56. The van der Waals surface area contributed by atoms with Crippen LogP contribution in [0.1, 0.15) is 49.2 Å². The fourth-order valence-corrected chi connectivity index (χ4v) is 3.65. The summed E-state index contributed by atoms with van der Waals surface area (Å²) in [6.07, 6.45) is -4.40. The Morgan fingerprint density at radius 2 is 1.76 bits per heavy atom. The predicted molar refractivity (Wildman–Crippen MR) is 134 cm³/mol. The third kappa shape index (κ3) is 5.66. The largest absolute Gasteiger partial charge is 0.397 e. The highest BCUT2D eigenvalue weighted by Gasteiger charge is 2.48. The summed E-state index contributed by atoms with van der Waals surface area (Å²) < 4.78 is 46.6. The monoisotopic (exact) mass is 525 g/mol. The summed E-state index contributed by atoms with van der Waals surface area (Å²) in [5.74, 6) is -0.0115. The third-order valence-corrected chi connectivity index (χ3v) is 6.03. The number of benzene rings is 2. The van der Waals surface area contributed by atoms with Crippen LogP contribution in [-0.4, -0.2) is 38.0 Å². The molecule has 1 amide bonds. The van der Waals surface area contributed by atoms with Gasteiger partial charge in [0.1, 0.15) is 5.69 Å². The second-order valence-electron chi connectivity index (χ2n) is 9.67. The fourth-order valence-electron chi connectivity index (χ4n) is 3.65. The summed E-state index contributed by atoms with van der Waals surface area (Å²) >= 11 is 0. The first-order chi connectivity index (χ1) is 17.8. The molecule has 8 nitrogen and oxygen atoms in total. The molecule has 4 aromatic rings. The molecule has 11 heteroatoms. The van der Waals surface area contributed by atoms with Gasteiger partial charge in [0, 0.05) is 23.2 Å². The van der Waals surface area contributed by atoms with E-state index >= 15 is 0 Å². The number of aromatic nitrogens is 4. The van der Waals surface area contributed by atoms with Crippen LogP contribution in [0.5, 0.6) is 0 Å². The van der Waals surface area contributed by atoms with E-state index in [9.17, 15) is 22.8 Å². The average molecular weight is 526 g/mol. The van der Waals surface area contributed by atoms with Crippen molar-refractivity contribution in [2.75, 3.05) is 0 Å². The Kier molecular flexibility index (Phi) is 7.21. The number of hydrogen-bond donors (Lipinski definition) is 1. The lowest BCUT2D eigenvalue weighted by Gasteiger charge is -2.28. The zero-order valence-corrected chi connectivity index (χ0v) is 21.2. The number of alkyl halides is 3. The van der Waals surface area contributed by atoms with Crippen LogP contribution in [-0.2, 0) is 12.0 Å². The lowest BCUT2D eigenvalue weighted by Crippen LogP contribution is -2.36. The molecule has 0 spiro atoms. The van der Waals surface area contributed by atoms with Gasteiger partial charge >= 0.3 is 6.18 Å². The van der Waals surface area contributed by atoms with Crippen molar-refractivity contribution in [2.24, 2.45) is 0 Å². The molecule has 2 aromatic heterocycles. The van der Waals surface area contributed by atoms with Gasteiger partial charge in [0.2, 0.25) is 5.82 Å². The fraction of sp³-hybridized carbons (Fsp3) is 0.296. The van der Waals surface area contributed by atoms with Gasteiger partial charge in [0.25, 0.3) is 17.4 Å². The molecular weight excluding hydrogens is 499 g/mol. The van der Waals surface area contributed by atoms with E-state index in [-0.39, 0.29) is 47.0 Å². The van der Waals surface area contributed by atoms with Gasteiger partial charge in [-0.1, -0.05) is 41.6 Å². The summed E-state index contributed by atoms with van der Waals surface area (Å²) in [6.45, 7) is 6.07. The van der Waals surface area contributed by atoms with Crippen LogP contribution in [0.3, 0.4) is 0 Å². The number of carbonyl (C=O) groups excluding carboxylic acids is 1. The van der Waals surface area contributed by atoms with Crippen molar-refractivity contribution in [3.05, 3.63) is 87.7 Å². The standard InChI is InChI=1S/C27H26F3N5O3/c1-16(2)31-24(37)19-7-5-6-17(14-19)15-35-22(36)13-12-21(33-35)25-32-23(34-38-25)18-8-10-20(11-9-18)26(3,4)27(28,29)30/h5-14,16H,15H2,1-4H3,(H,31,37). The highest BCUT2D eigenvalue weighted by atomic mass is 19.4. The maximum absolute atomic E-state index is 13.3. The molecule has 0 radical (unpaired) electrons. The third-order valence-electron chi connectivity index (χ3n) is 6.03. The average Bonchev–Trinajstić information content (AvgIpc) is 3.35. The van der Waals surface area contributed by atoms with Crippen molar-refractivity contribution >= 4 is 5.91 Å². The summed E-state index contributed by atoms with van der Waals surface area (Å²) in [6, 6.07) is 15.4. The second kappa shape index (κ2) is 10.2. The molecule has 0 aliphatic rings. The topological polar surface area (TPSA) is 103 Å². The van der Waals surface area contributed by atoms with E-state index in [1.807, 2.05) is 13.8 Å². The molecule has 2 aromatic carbocycles. The second-order valence-corrected chi connectivity index (χ2v) is 9.67. The smallest absolute Gasteiger partial charge is 0.350 e. The first kappa shape index (κ1) is 26.8. The first-order valence-electron chi connectivity index (χ1n) is 11.8. The van der Waals surface area contributed by atoms with Gasteiger partial charge in [-0.3, -0.25) is 9.59 Å². The van der Waals surface area contributed by atoms with Gasteiger partial charge in [-0.05, 0) is 57.0 Å². The van der Waals surface area contributed by atoms with Crippen LogP contribution in [0, 0.1) is 0 Å². The molecule has 1 N–H and O–H groups in total. The molecule has 0 saturated carbocycles. The summed E-state index contributed by atoms with van der Waals surface area (Å²) in [5.41, 5.74) is -0.403. The van der Waals surface area contributed by atoms with Crippen molar-refractivity contribution in [1.82, 2.24) is 25.2 Å². The Hall–Kier alpha value is -4.28. The number of hydrogen-bond acceptors (Lipinski definition) is 6. The Bertz CT molecular complexity index is 1510. The maximum Gasteiger partial charge on any atom is 0.397 e. The van der Waals surface area contributed by atoms with Crippen molar-refractivity contribution < 1.29 is 22.5 Å². The molecule has 2 heterocycles. The molecule has 38 heavy (non-hydrogen) atoms. The zero-order chi connectivity index (χ0) is 27.7. The van der Waals surface area contributed by atoms with E-state index in [1.165, 1.54) is 41.1 Å². The van der Waals surface area contributed by atoms with Crippen LogP contribution >= 0.6 is 0 Å². The molecule has 0 aliphatic carbocycles. The SMILES string of the molecule is CC(C)NC(=O)c1cccc(Cn2nc(-c3nc(-c4ccc(C(C)(C)C(F)(F)F)cc4)no3)ccc2=O)c1. The van der Waals surface area contributed by atoms with Crippen molar-refractivity contribution in [2.45, 2.75) is 51.9 Å². The molecule has 198 valence electrons. The van der Waals surface area contributed by atoms with Crippen LogP contribution in [0.15, 0.2) is 70.0 Å². The lowest BCUT2D eigenvalue weighted by atomic mass is 9.83. The first-order valence-corrected chi connectivity index (χ1v) is 11.8. The van der Waals surface area contributed by atoms with E-state index in [4.69, 9.17) is 4.52 Å². The highest BCUT2D eigenvalue weighted by Crippen LogP contribution is 2.40. The lowest BCUT2D eigenvalue weighted by molar-refractivity contribution is -0.180. The van der Waals surface area contributed by atoms with Crippen LogP contribution in [0.4, 0.5) is 13.2 Å². The molecule has 0 fully saturated rings. The Morgan fingerprint density at radius 1 is 1.05 bits per heavy atom. The van der Waals surface area contributed by atoms with Gasteiger partial charge in [0.05, 0.1) is 12.0 Å². The summed E-state index contributed by atoms with van der Waals surface area (Å²) in [7, 11) is 0. The molecule has 0 atom stereocenters. The number of carbonyl (C=O) groups is 1. The van der Waals surface area contributed by atoms with Crippen molar-refractivity contribution in [3.8, 4) is 23.0 Å². The molecule has 0 bridgehead atoms. The van der Waals surface area contributed by atoms with E-state index in [2.05, 4.69) is 20.6 Å². The number of rotatable bonds is 7. The zero-order valence-electron chi connectivity index (χ0n) is 21.2. The van der Waals surface area contributed by atoms with Gasteiger partial charge in [0.15, 0.2) is 0 Å². The van der Waals surface area contributed by atoms with Crippen molar-refractivity contribution in [1.29, 1.82) is 0 Å². The van der Waals surface area contributed by atoms with Gasteiger partial charge in [-0.2, -0.15) is 23.3 Å². The highest BCUT2D eigenvalue weighted by molar-refractivity contribution is 5.94. The van der Waals surface area contributed by atoms with E-state index in [1.54, 1.807) is 24.3 Å². The van der Waals surface area contributed by atoms with Crippen LogP contribution in [0.2, 0.25) is 0 Å². The normalized spacial score (nSPS) is 12.1. The minimum atomic E-state index is -4.40. The maximum atomic E-state index is 13.3. The Morgan fingerprint density at radius 3 is 2.42 bits per heavy atom. The minimum Gasteiger partial charge on any atom is -0.350 e. The molecule has 0 saturated heterocycles. The van der Waals surface area contributed by atoms with Crippen LogP contribution in [0.25, 0.3) is 23.0 Å². The number of halogens is 3.